The smallest absolute Gasteiger partial charge is 0.0949 e. The van der Waals surface area contributed by atoms with Gasteiger partial charge in [0.1, 0.15) is 0 Å². The van der Waals surface area contributed by atoms with E-state index in [0.29, 0.717) is 11.3 Å². The first-order chi connectivity index (χ1) is 14.5. The molecule has 1 heterocycles. The molecule has 0 aromatic carbocycles. The zero-order valence-corrected chi connectivity index (χ0v) is 19.2. The Morgan fingerprint density at radius 3 is 2.77 bits per heavy atom. The van der Waals surface area contributed by atoms with Crippen LogP contribution in [0, 0.1) is 34.5 Å². The van der Waals surface area contributed by atoms with Gasteiger partial charge in [-0.05, 0) is 80.1 Å². The number of unbranched alkanes of at least 4 members (excludes halogenated alkanes) is 1. The van der Waals surface area contributed by atoms with Crippen LogP contribution in [0.15, 0.2) is 40.7 Å². The summed E-state index contributed by atoms with van der Waals surface area (Å²) >= 11 is 0. The van der Waals surface area contributed by atoms with Crippen molar-refractivity contribution in [1.82, 2.24) is 4.90 Å². The molecule has 1 aliphatic heterocycles. The quantitative estimate of drug-likeness (QED) is 0.572. The van der Waals surface area contributed by atoms with E-state index in [1.165, 1.54) is 50.6 Å². The Morgan fingerprint density at radius 2 is 2.00 bits per heavy atom. The predicted octanol–water partition coefficient (Wildman–Crippen LogP) is 6.08. The van der Waals surface area contributed by atoms with Crippen LogP contribution in [-0.4, -0.2) is 29.0 Å². The van der Waals surface area contributed by atoms with E-state index in [0.717, 1.165) is 37.1 Å². The van der Waals surface area contributed by atoms with Gasteiger partial charge in [-0.3, -0.25) is 0 Å². The van der Waals surface area contributed by atoms with Crippen LogP contribution in [0.4, 0.5) is 0 Å². The van der Waals surface area contributed by atoms with Crippen LogP contribution < -0.4 is 0 Å². The van der Waals surface area contributed by atoms with Gasteiger partial charge in [-0.1, -0.05) is 51.3 Å². The van der Waals surface area contributed by atoms with Crippen molar-refractivity contribution in [1.29, 1.82) is 0 Å². The van der Waals surface area contributed by atoms with Crippen molar-refractivity contribution in [2.45, 2.75) is 84.7 Å². The highest BCUT2D eigenvalue weighted by molar-refractivity contribution is 5.61. The molecule has 164 valence electrons. The van der Waals surface area contributed by atoms with Crippen molar-refractivity contribution in [3.8, 4) is 0 Å². The van der Waals surface area contributed by atoms with Gasteiger partial charge in [-0.15, -0.1) is 0 Å². The van der Waals surface area contributed by atoms with Gasteiger partial charge in [0.25, 0.3) is 0 Å². The van der Waals surface area contributed by atoms with E-state index in [9.17, 15) is 5.11 Å². The van der Waals surface area contributed by atoms with Gasteiger partial charge in [-0.2, -0.15) is 0 Å². The lowest BCUT2D eigenvalue weighted by Gasteiger charge is -2.60. The first-order valence-electron chi connectivity index (χ1n) is 12.5. The monoisotopic (exact) mass is 408 g/mol. The zero-order chi connectivity index (χ0) is 20.9. The Hall–Kier alpha value is -1.35. The normalized spacial score (nSPS) is 44.8. The molecule has 0 amide bonds. The van der Waals surface area contributed by atoms with Crippen molar-refractivity contribution in [2.75, 3.05) is 6.54 Å². The Morgan fingerprint density at radius 1 is 1.17 bits per heavy atom. The molecule has 5 rings (SSSR count). The van der Waals surface area contributed by atoms with E-state index < -0.39 is 0 Å². The third-order valence-electron chi connectivity index (χ3n) is 9.69. The number of aliphatic hydroxyl groups is 1. The summed E-state index contributed by atoms with van der Waals surface area (Å²) in [6.45, 7) is 8.39. The fourth-order valence-corrected chi connectivity index (χ4v) is 8.06. The van der Waals surface area contributed by atoms with Gasteiger partial charge >= 0.3 is 0 Å². The Labute approximate surface area is 183 Å². The molecule has 3 nitrogen and oxygen atoms in total. The number of rotatable bonds is 4. The van der Waals surface area contributed by atoms with Gasteiger partial charge in [0.05, 0.1) is 12.4 Å². The zero-order valence-electron chi connectivity index (χ0n) is 19.2. The maximum Gasteiger partial charge on any atom is 0.0949 e. The lowest BCUT2D eigenvalue weighted by molar-refractivity contribution is -0.0564. The number of aliphatic imine (C=N–C) groups is 1. The summed E-state index contributed by atoms with van der Waals surface area (Å²) in [4.78, 5) is 6.83. The lowest BCUT2D eigenvalue weighted by atomic mass is 9.45. The summed E-state index contributed by atoms with van der Waals surface area (Å²) in [5.74, 6) is 3.00. The summed E-state index contributed by atoms with van der Waals surface area (Å²) in [6, 6.07) is 0. The highest BCUT2D eigenvalue weighted by atomic mass is 16.3. The highest BCUT2D eigenvalue weighted by Crippen LogP contribution is 2.66. The first kappa shape index (κ1) is 20.5. The molecule has 7 atom stereocenters. The van der Waals surface area contributed by atoms with Crippen LogP contribution >= 0.6 is 0 Å². The summed E-state index contributed by atoms with van der Waals surface area (Å²) in [6.07, 6.45) is 22.1. The van der Waals surface area contributed by atoms with Crippen LogP contribution in [0.5, 0.6) is 0 Å². The summed E-state index contributed by atoms with van der Waals surface area (Å²) in [5.41, 5.74) is 3.73. The first-order valence-corrected chi connectivity index (χ1v) is 12.5. The Balaban J connectivity index is 1.49. The third-order valence-corrected chi connectivity index (χ3v) is 9.69. The van der Waals surface area contributed by atoms with Crippen molar-refractivity contribution >= 4 is 6.34 Å². The molecule has 0 aromatic rings. The minimum Gasteiger partial charge on any atom is -0.393 e. The maximum atomic E-state index is 10.4. The third kappa shape index (κ3) is 3.06. The number of hydrogen-bond donors (Lipinski definition) is 1. The Kier molecular flexibility index (Phi) is 5.24. The minimum atomic E-state index is -0.118. The van der Waals surface area contributed by atoms with E-state index in [1.54, 1.807) is 5.57 Å². The molecule has 2 saturated carbocycles. The van der Waals surface area contributed by atoms with Crippen molar-refractivity contribution in [3.63, 3.8) is 0 Å². The van der Waals surface area contributed by atoms with Crippen LogP contribution in [0.1, 0.15) is 78.6 Å². The molecule has 0 unspecified atom stereocenters. The van der Waals surface area contributed by atoms with Gasteiger partial charge in [0.2, 0.25) is 0 Å². The van der Waals surface area contributed by atoms with E-state index in [4.69, 9.17) is 0 Å². The number of nitrogens with zero attached hydrogens (tertiary/aromatic N) is 2. The molecule has 3 heteroatoms. The largest absolute Gasteiger partial charge is 0.393 e. The summed E-state index contributed by atoms with van der Waals surface area (Å²) in [5, 5.41) is 10.4. The molecule has 5 aliphatic rings. The van der Waals surface area contributed by atoms with Crippen LogP contribution in [0.25, 0.3) is 0 Å². The second kappa shape index (κ2) is 7.65. The molecular weight excluding hydrogens is 368 g/mol. The molecule has 1 N–H and O–H groups in total. The summed E-state index contributed by atoms with van der Waals surface area (Å²) < 4.78 is 0. The average Bonchev–Trinajstić information content (AvgIpc) is 3.10. The lowest BCUT2D eigenvalue weighted by Crippen LogP contribution is -2.53. The topological polar surface area (TPSA) is 35.8 Å². The van der Waals surface area contributed by atoms with E-state index >= 15 is 0 Å². The highest BCUT2D eigenvalue weighted by Gasteiger charge is 2.59. The molecule has 4 aliphatic carbocycles. The molecule has 0 aromatic heterocycles. The number of hydrogen-bond acceptors (Lipinski definition) is 3. The van der Waals surface area contributed by atoms with E-state index in [2.05, 4.69) is 48.9 Å². The van der Waals surface area contributed by atoms with E-state index in [1.807, 2.05) is 12.5 Å². The van der Waals surface area contributed by atoms with Crippen LogP contribution in [0.3, 0.4) is 0 Å². The Bertz CT molecular complexity index is 795. The fourth-order valence-electron chi connectivity index (χ4n) is 8.06. The maximum absolute atomic E-state index is 10.4. The van der Waals surface area contributed by atoms with Gasteiger partial charge in [0.15, 0.2) is 0 Å². The van der Waals surface area contributed by atoms with Crippen molar-refractivity contribution in [3.05, 3.63) is 35.7 Å². The number of fused-ring (bicyclic) bond motifs is 5. The second-order valence-electron chi connectivity index (χ2n) is 11.2. The number of allylic oxidation sites excluding steroid dienone is 3. The van der Waals surface area contributed by atoms with Crippen LogP contribution in [-0.2, 0) is 0 Å². The van der Waals surface area contributed by atoms with E-state index in [-0.39, 0.29) is 11.5 Å². The van der Waals surface area contributed by atoms with Crippen molar-refractivity contribution < 1.29 is 5.11 Å². The predicted molar refractivity (Wildman–Crippen MR) is 124 cm³/mol. The molecule has 0 spiro atoms. The molecule has 0 saturated heterocycles. The standard InChI is InChI=1S/C27H40N2O/c1-4-5-7-19-16-20-17-21(30)10-12-26(20,2)23-11-13-27(3)22(25(19)23)8-9-24(27)29-15-6-14-28-18-29/h6,9,14,16,18-19,21-23,25,30H,4-5,7-8,10-13,15,17H2,1-3H3/t19-,21+,22+,23+,25+,26+,27+/m1/s1. The van der Waals surface area contributed by atoms with Crippen LogP contribution in [0.2, 0.25) is 0 Å². The minimum absolute atomic E-state index is 0.118. The summed E-state index contributed by atoms with van der Waals surface area (Å²) in [7, 11) is 0. The van der Waals surface area contributed by atoms with Gasteiger partial charge in [0, 0.05) is 23.9 Å². The number of aliphatic hydroxyl groups excluding tert-OH is 1. The molecule has 0 radical (unpaired) electrons. The molecule has 30 heavy (non-hydrogen) atoms. The van der Waals surface area contributed by atoms with Crippen molar-refractivity contribution in [2.24, 2.45) is 39.5 Å². The van der Waals surface area contributed by atoms with Gasteiger partial charge in [-0.25, -0.2) is 4.99 Å². The fraction of sp³-hybridized carbons (Fsp3) is 0.741. The SMILES string of the molecule is CCCC[C@@H]1C=C2C[C@@H](O)CC[C@]2(C)[C@H]2CC[C@]3(C)C(N4C=NC=CC4)=CC[C@H]3[C@H]12. The van der Waals surface area contributed by atoms with Gasteiger partial charge < -0.3 is 10.0 Å². The average molecular weight is 409 g/mol. The second-order valence-corrected chi connectivity index (χ2v) is 11.2. The molecule has 2 fully saturated rings. The molecule has 0 bridgehead atoms. The molecular formula is C27H40N2O.